The molecule has 1 unspecified atom stereocenters. The summed E-state index contributed by atoms with van der Waals surface area (Å²) in [6.07, 6.45) is 5.50. The number of hydrogen-bond acceptors (Lipinski definition) is 6. The highest BCUT2D eigenvalue weighted by molar-refractivity contribution is 5.86. The molecule has 3 heterocycles. The Morgan fingerprint density at radius 1 is 0.911 bits per heavy atom. The van der Waals surface area contributed by atoms with Crippen LogP contribution in [0.5, 0.6) is 11.5 Å². The van der Waals surface area contributed by atoms with E-state index >= 15 is 0 Å². The number of carbonyl (C=O) groups is 1. The van der Waals surface area contributed by atoms with Crippen molar-refractivity contribution in [1.82, 2.24) is 30.0 Å². The van der Waals surface area contributed by atoms with Gasteiger partial charge >= 0.3 is 0 Å². The summed E-state index contributed by atoms with van der Waals surface area (Å²) in [6.45, 7) is 4.16. The van der Waals surface area contributed by atoms with Crippen molar-refractivity contribution in [1.29, 1.82) is 0 Å². The minimum absolute atomic E-state index is 0.241. The molecule has 0 radical (unpaired) electrons. The van der Waals surface area contributed by atoms with E-state index in [2.05, 4.69) is 50.3 Å². The Balaban J connectivity index is 1.44. The maximum atomic E-state index is 13.0. The normalized spacial score (nSPS) is 12.5. The predicted octanol–water partition coefficient (Wildman–Crippen LogP) is 5.08. The van der Waals surface area contributed by atoms with Gasteiger partial charge in [0.25, 0.3) is 0 Å². The van der Waals surface area contributed by atoms with Gasteiger partial charge in [0.05, 0.1) is 32.2 Å². The zero-order valence-corrected chi connectivity index (χ0v) is 26.1. The van der Waals surface area contributed by atoms with Gasteiger partial charge in [-0.05, 0) is 55.7 Å². The predicted molar refractivity (Wildman–Crippen MR) is 176 cm³/mol. The van der Waals surface area contributed by atoms with Crippen LogP contribution in [0.15, 0.2) is 79.1 Å². The first kappa shape index (κ1) is 30.0. The van der Waals surface area contributed by atoms with Crippen molar-refractivity contribution >= 4 is 27.7 Å². The van der Waals surface area contributed by atoms with Gasteiger partial charge in [-0.25, -0.2) is 0 Å². The smallest absolute Gasteiger partial charge is 0.239 e. The molecule has 0 aliphatic carbocycles. The molecule has 0 bridgehead atoms. The molecule has 6 rings (SSSR count). The van der Waals surface area contributed by atoms with E-state index in [-0.39, 0.29) is 11.8 Å². The van der Waals surface area contributed by atoms with E-state index in [0.717, 1.165) is 45.6 Å². The molecule has 0 aliphatic heterocycles. The third-order valence-corrected chi connectivity index (χ3v) is 8.33. The molecular formula is C35H39N7O3. The fourth-order valence-electron chi connectivity index (χ4n) is 5.85. The molecule has 6 aromatic rings. The number of aromatic amines is 2. The lowest BCUT2D eigenvalue weighted by molar-refractivity contribution is -0.125. The number of para-hydroxylation sites is 2. The Kier molecular flexibility index (Phi) is 8.32. The molecule has 10 nitrogen and oxygen atoms in total. The Hall–Kier alpha value is -5.09. The van der Waals surface area contributed by atoms with Crippen LogP contribution in [-0.4, -0.2) is 56.9 Å². The van der Waals surface area contributed by atoms with Crippen LogP contribution in [0.25, 0.3) is 21.8 Å². The number of nitrogens with zero attached hydrogens (tertiary/aromatic N) is 3. The Labute approximate surface area is 262 Å². The second kappa shape index (κ2) is 12.5. The molecule has 1 atom stereocenters. The van der Waals surface area contributed by atoms with Crippen molar-refractivity contribution in [2.24, 2.45) is 5.73 Å². The molecule has 3 aromatic carbocycles. The largest absolute Gasteiger partial charge is 0.497 e. The zero-order valence-electron chi connectivity index (χ0n) is 26.1. The van der Waals surface area contributed by atoms with Crippen LogP contribution >= 0.6 is 0 Å². The molecule has 1 amide bonds. The lowest BCUT2D eigenvalue weighted by Gasteiger charge is -2.23. The number of aryl methyl sites for hydroxylation is 2. The summed E-state index contributed by atoms with van der Waals surface area (Å²) in [5.41, 5.74) is 10.4. The summed E-state index contributed by atoms with van der Waals surface area (Å²) in [6, 6.07) is 22.2. The highest BCUT2D eigenvalue weighted by Crippen LogP contribution is 2.33. The number of H-pyrrole nitrogens is 2. The number of ether oxygens (including phenoxy) is 2. The second-order valence-corrected chi connectivity index (χ2v) is 11.9. The van der Waals surface area contributed by atoms with E-state index in [1.165, 1.54) is 10.9 Å². The minimum Gasteiger partial charge on any atom is -0.497 e. The van der Waals surface area contributed by atoms with E-state index in [9.17, 15) is 4.79 Å². The quantitative estimate of drug-likeness (QED) is 0.154. The van der Waals surface area contributed by atoms with Crippen LogP contribution in [0.2, 0.25) is 0 Å². The average Bonchev–Trinajstić information content (AvgIpc) is 3.77. The van der Waals surface area contributed by atoms with Gasteiger partial charge in [0.1, 0.15) is 23.1 Å². The van der Waals surface area contributed by atoms with Crippen molar-refractivity contribution < 1.29 is 14.3 Å². The van der Waals surface area contributed by atoms with Gasteiger partial charge in [0.2, 0.25) is 5.91 Å². The minimum atomic E-state index is -1.03. The van der Waals surface area contributed by atoms with Crippen molar-refractivity contribution in [3.8, 4) is 11.5 Å². The maximum Gasteiger partial charge on any atom is 0.239 e. The SMILES string of the molecule is COc1ccc(Cn2c(CCc3c[nH]c4ccccc34)nnc2C(CNC(=O)C(C)(C)N)c2c[nH]c3ccccc23)c(OC)c1. The van der Waals surface area contributed by atoms with Gasteiger partial charge in [0.15, 0.2) is 0 Å². The van der Waals surface area contributed by atoms with Gasteiger partial charge < -0.3 is 35.1 Å². The first-order chi connectivity index (χ1) is 21.8. The number of methoxy groups -OCH3 is 2. The van der Waals surface area contributed by atoms with E-state index < -0.39 is 5.54 Å². The van der Waals surface area contributed by atoms with Crippen LogP contribution in [0, 0.1) is 0 Å². The number of nitrogens with two attached hydrogens (primary N) is 1. The Morgan fingerprint density at radius 2 is 1.62 bits per heavy atom. The summed E-state index contributed by atoms with van der Waals surface area (Å²) < 4.78 is 13.4. The number of carbonyl (C=O) groups excluding carboxylic acids is 1. The topological polar surface area (TPSA) is 136 Å². The van der Waals surface area contributed by atoms with Crippen molar-refractivity contribution in [2.45, 2.75) is 44.7 Å². The van der Waals surface area contributed by atoms with Crippen molar-refractivity contribution in [3.05, 3.63) is 107 Å². The molecule has 0 saturated carbocycles. The molecule has 0 spiro atoms. The maximum absolute atomic E-state index is 13.0. The van der Waals surface area contributed by atoms with Gasteiger partial charge in [-0.2, -0.15) is 0 Å². The Bertz CT molecular complexity index is 1950. The molecule has 10 heteroatoms. The van der Waals surface area contributed by atoms with E-state index in [1.54, 1.807) is 28.1 Å². The molecular weight excluding hydrogens is 566 g/mol. The first-order valence-electron chi connectivity index (χ1n) is 15.1. The third-order valence-electron chi connectivity index (χ3n) is 8.33. The van der Waals surface area contributed by atoms with Gasteiger partial charge in [-0.15, -0.1) is 10.2 Å². The monoisotopic (exact) mass is 605 g/mol. The molecule has 3 aromatic heterocycles. The third kappa shape index (κ3) is 6.14. The molecule has 232 valence electrons. The number of hydrogen-bond donors (Lipinski definition) is 4. The molecule has 45 heavy (non-hydrogen) atoms. The number of fused-ring (bicyclic) bond motifs is 2. The van der Waals surface area contributed by atoms with Gasteiger partial charge in [-0.3, -0.25) is 4.79 Å². The van der Waals surface area contributed by atoms with Crippen LogP contribution in [0.1, 0.15) is 48.1 Å². The van der Waals surface area contributed by atoms with Crippen LogP contribution in [0.3, 0.4) is 0 Å². The number of benzene rings is 3. The standard InChI is InChI=1S/C35H39N7O3/c1-35(2,36)34(43)39-20-28(27-19-38-30-12-8-6-10-26(27)30)33-41-40-32(16-14-22-18-37-29-11-7-5-9-25(22)29)42(33)21-23-13-15-24(44-3)17-31(23)45-4/h5-13,15,17-19,28,37-38H,14,16,20-21,36H2,1-4H3,(H,39,43). The molecule has 0 saturated heterocycles. The van der Waals surface area contributed by atoms with Gasteiger partial charge in [-0.1, -0.05) is 36.4 Å². The van der Waals surface area contributed by atoms with Crippen LogP contribution in [-0.2, 0) is 24.2 Å². The number of nitrogens with one attached hydrogen (secondary N) is 3. The van der Waals surface area contributed by atoms with Crippen molar-refractivity contribution in [3.63, 3.8) is 0 Å². The van der Waals surface area contributed by atoms with E-state index in [1.807, 2.05) is 48.7 Å². The van der Waals surface area contributed by atoms with E-state index in [0.29, 0.717) is 31.0 Å². The van der Waals surface area contributed by atoms with Crippen LogP contribution < -0.4 is 20.5 Å². The molecule has 0 fully saturated rings. The summed E-state index contributed by atoms with van der Waals surface area (Å²) in [7, 11) is 3.29. The highest BCUT2D eigenvalue weighted by Gasteiger charge is 2.29. The number of amides is 1. The summed E-state index contributed by atoms with van der Waals surface area (Å²) in [5.74, 6) is 2.44. The first-order valence-corrected chi connectivity index (χ1v) is 15.1. The molecule has 5 N–H and O–H groups in total. The second-order valence-electron chi connectivity index (χ2n) is 11.9. The summed E-state index contributed by atoms with van der Waals surface area (Å²) >= 11 is 0. The molecule has 0 aliphatic rings. The number of rotatable bonds is 12. The summed E-state index contributed by atoms with van der Waals surface area (Å²) in [4.78, 5) is 19.8. The highest BCUT2D eigenvalue weighted by atomic mass is 16.5. The van der Waals surface area contributed by atoms with Crippen molar-refractivity contribution in [2.75, 3.05) is 20.8 Å². The Morgan fingerprint density at radius 3 is 2.36 bits per heavy atom. The average molecular weight is 606 g/mol. The summed E-state index contributed by atoms with van der Waals surface area (Å²) in [5, 5.41) is 14.9. The van der Waals surface area contributed by atoms with Gasteiger partial charge in [0, 0.05) is 58.8 Å². The van der Waals surface area contributed by atoms with Crippen LogP contribution in [0.4, 0.5) is 0 Å². The van der Waals surface area contributed by atoms with E-state index in [4.69, 9.17) is 25.4 Å². The number of aromatic nitrogens is 5. The fourth-order valence-corrected chi connectivity index (χ4v) is 5.85. The fraction of sp³-hybridized carbons (Fsp3) is 0.286. The zero-order chi connectivity index (χ0) is 31.6. The lowest BCUT2D eigenvalue weighted by Crippen LogP contribution is -2.50. The lowest BCUT2D eigenvalue weighted by atomic mass is 9.96.